The van der Waals surface area contributed by atoms with Crippen molar-refractivity contribution in [2.75, 3.05) is 11.4 Å². The fraction of sp³-hybridized carbons (Fsp3) is 0.562. The Balaban J connectivity index is 2.21. The van der Waals surface area contributed by atoms with Crippen LogP contribution < -0.4 is 4.90 Å². The zero-order valence-electron chi connectivity index (χ0n) is 13.2. The molecule has 0 amide bonds. The molecule has 0 aliphatic carbocycles. The van der Waals surface area contributed by atoms with Gasteiger partial charge >= 0.3 is 5.97 Å². The summed E-state index contributed by atoms with van der Waals surface area (Å²) in [6, 6.07) is 0.485. The minimum Gasteiger partial charge on any atom is -0.477 e. The third-order valence-corrected chi connectivity index (χ3v) is 5.62. The number of aryl methyl sites for hydroxylation is 2. The van der Waals surface area contributed by atoms with Crippen LogP contribution in [0.3, 0.4) is 0 Å². The van der Waals surface area contributed by atoms with Gasteiger partial charge in [0.2, 0.25) is 0 Å². The van der Waals surface area contributed by atoms with Gasteiger partial charge in [-0.3, -0.25) is 0 Å². The maximum atomic E-state index is 11.4. The lowest BCUT2D eigenvalue weighted by Crippen LogP contribution is -2.40. The number of hydrogen-bond acceptors (Lipinski definition) is 5. The Morgan fingerprint density at radius 2 is 2.14 bits per heavy atom. The molecule has 0 radical (unpaired) electrons. The number of carboxylic acid groups (broad SMARTS) is 1. The number of carboxylic acids is 1. The second-order valence-corrected chi connectivity index (χ2v) is 6.89. The van der Waals surface area contributed by atoms with Crippen molar-refractivity contribution in [1.82, 2.24) is 9.97 Å². The number of nitrogens with zero attached hydrogens (tertiary/aromatic N) is 3. The van der Waals surface area contributed by atoms with Crippen molar-refractivity contribution < 1.29 is 9.90 Å². The first kappa shape index (κ1) is 15.2. The molecule has 3 rings (SSSR count). The van der Waals surface area contributed by atoms with Gasteiger partial charge in [-0.25, -0.2) is 14.8 Å². The van der Waals surface area contributed by atoms with Gasteiger partial charge in [-0.2, -0.15) is 0 Å². The molecule has 1 saturated heterocycles. The largest absolute Gasteiger partial charge is 0.477 e. The molecule has 0 aromatic carbocycles. The fourth-order valence-electron chi connectivity index (χ4n) is 3.34. The van der Waals surface area contributed by atoms with Crippen molar-refractivity contribution >= 4 is 33.3 Å². The second-order valence-electron chi connectivity index (χ2n) is 5.89. The molecule has 1 atom stereocenters. The van der Waals surface area contributed by atoms with E-state index in [1.54, 1.807) is 0 Å². The summed E-state index contributed by atoms with van der Waals surface area (Å²) in [5, 5.41) is 10.3. The molecular weight excluding hydrogens is 298 g/mol. The molecule has 5 nitrogen and oxygen atoms in total. The van der Waals surface area contributed by atoms with Crippen LogP contribution in [0.5, 0.6) is 0 Å². The first-order valence-corrected chi connectivity index (χ1v) is 8.62. The summed E-state index contributed by atoms with van der Waals surface area (Å²) in [6.45, 7) is 6.94. The van der Waals surface area contributed by atoms with Crippen molar-refractivity contribution in [3.63, 3.8) is 0 Å². The Morgan fingerprint density at radius 1 is 1.36 bits per heavy atom. The zero-order valence-corrected chi connectivity index (χ0v) is 14.0. The molecular formula is C16H21N3O2S. The zero-order chi connectivity index (χ0) is 15.9. The fourth-order valence-corrected chi connectivity index (χ4v) is 4.40. The van der Waals surface area contributed by atoms with E-state index in [9.17, 15) is 9.90 Å². The lowest BCUT2D eigenvalue weighted by Gasteiger charge is -2.36. The van der Waals surface area contributed by atoms with E-state index in [2.05, 4.69) is 21.8 Å². The summed E-state index contributed by atoms with van der Waals surface area (Å²) < 4.78 is 0. The molecule has 0 bridgehead atoms. The van der Waals surface area contributed by atoms with Crippen molar-refractivity contribution in [1.29, 1.82) is 0 Å². The van der Waals surface area contributed by atoms with Crippen LogP contribution in [0.2, 0.25) is 0 Å². The van der Waals surface area contributed by atoms with Crippen LogP contribution in [-0.2, 0) is 0 Å². The molecule has 1 aliphatic heterocycles. The number of rotatable bonds is 3. The number of anilines is 1. The highest BCUT2D eigenvalue weighted by Crippen LogP contribution is 2.37. The predicted octanol–water partition coefficient (Wildman–Crippen LogP) is 3.78. The highest BCUT2D eigenvalue weighted by atomic mass is 32.1. The van der Waals surface area contributed by atoms with E-state index >= 15 is 0 Å². The van der Waals surface area contributed by atoms with Crippen molar-refractivity contribution in [2.24, 2.45) is 0 Å². The van der Waals surface area contributed by atoms with E-state index in [-0.39, 0.29) is 0 Å². The molecule has 1 fully saturated rings. The van der Waals surface area contributed by atoms with E-state index < -0.39 is 5.97 Å². The minimum absolute atomic E-state index is 0.376. The van der Waals surface area contributed by atoms with E-state index in [1.807, 2.05) is 13.8 Å². The van der Waals surface area contributed by atoms with Crippen LogP contribution in [0.15, 0.2) is 0 Å². The van der Waals surface area contributed by atoms with Crippen molar-refractivity contribution in [3.05, 3.63) is 16.3 Å². The van der Waals surface area contributed by atoms with Crippen molar-refractivity contribution in [3.8, 4) is 0 Å². The van der Waals surface area contributed by atoms with Gasteiger partial charge in [-0.1, -0.05) is 6.92 Å². The molecule has 2 aromatic heterocycles. The lowest BCUT2D eigenvalue weighted by atomic mass is 9.99. The molecule has 3 heterocycles. The molecule has 6 heteroatoms. The van der Waals surface area contributed by atoms with E-state index in [0.29, 0.717) is 16.7 Å². The van der Waals surface area contributed by atoms with Crippen LogP contribution in [0, 0.1) is 13.8 Å². The van der Waals surface area contributed by atoms with E-state index in [0.717, 1.165) is 41.0 Å². The monoisotopic (exact) mass is 319 g/mol. The van der Waals surface area contributed by atoms with Crippen LogP contribution >= 0.6 is 11.3 Å². The first-order valence-electron chi connectivity index (χ1n) is 7.80. The number of carbonyl (C=O) groups is 1. The highest BCUT2D eigenvalue weighted by Gasteiger charge is 2.27. The van der Waals surface area contributed by atoms with Gasteiger partial charge in [-0.15, -0.1) is 11.3 Å². The first-order chi connectivity index (χ1) is 10.5. The summed E-state index contributed by atoms with van der Waals surface area (Å²) in [6.07, 6.45) is 4.68. The van der Waals surface area contributed by atoms with Crippen LogP contribution in [-0.4, -0.2) is 33.6 Å². The number of piperidine rings is 1. The maximum absolute atomic E-state index is 11.4. The third-order valence-electron chi connectivity index (χ3n) is 4.45. The number of fused-ring (bicyclic) bond motifs is 1. The number of thiophene rings is 1. The van der Waals surface area contributed by atoms with Gasteiger partial charge in [0.25, 0.3) is 0 Å². The molecule has 1 unspecified atom stereocenters. The summed E-state index contributed by atoms with van der Waals surface area (Å²) in [5.74, 6) is 0.756. The van der Waals surface area contributed by atoms with Gasteiger partial charge < -0.3 is 10.0 Å². The number of aromatic nitrogens is 2. The molecule has 118 valence electrons. The van der Waals surface area contributed by atoms with E-state index in [1.165, 1.54) is 24.2 Å². The SMILES string of the molecule is CCC1CCCCN1c1nc(C)nc2sc(C(=O)O)c(C)c12. The molecule has 2 aromatic rings. The maximum Gasteiger partial charge on any atom is 0.346 e. The highest BCUT2D eigenvalue weighted by molar-refractivity contribution is 7.20. The quantitative estimate of drug-likeness (QED) is 0.932. The topological polar surface area (TPSA) is 66.3 Å². The minimum atomic E-state index is -0.880. The van der Waals surface area contributed by atoms with Crippen LogP contribution in [0.25, 0.3) is 10.2 Å². The molecule has 1 aliphatic rings. The number of hydrogen-bond donors (Lipinski definition) is 1. The number of aromatic carboxylic acids is 1. The molecule has 1 N–H and O–H groups in total. The predicted molar refractivity (Wildman–Crippen MR) is 89.1 cm³/mol. The van der Waals surface area contributed by atoms with Crippen LogP contribution in [0.1, 0.15) is 53.7 Å². The second kappa shape index (κ2) is 5.83. The van der Waals surface area contributed by atoms with Gasteiger partial charge in [-0.05, 0) is 45.1 Å². The molecule has 0 spiro atoms. The normalized spacial score (nSPS) is 18.9. The van der Waals surface area contributed by atoms with Gasteiger partial charge in [0.15, 0.2) is 0 Å². The summed E-state index contributed by atoms with van der Waals surface area (Å²) in [5.41, 5.74) is 0.794. The third kappa shape index (κ3) is 2.45. The van der Waals surface area contributed by atoms with Crippen molar-refractivity contribution in [2.45, 2.75) is 52.5 Å². The summed E-state index contributed by atoms with van der Waals surface area (Å²) >= 11 is 1.26. The van der Waals surface area contributed by atoms with E-state index in [4.69, 9.17) is 0 Å². The Labute approximate surface area is 134 Å². The molecule has 22 heavy (non-hydrogen) atoms. The smallest absolute Gasteiger partial charge is 0.346 e. The molecule has 0 saturated carbocycles. The lowest BCUT2D eigenvalue weighted by molar-refractivity contribution is 0.0701. The Morgan fingerprint density at radius 3 is 2.82 bits per heavy atom. The summed E-state index contributed by atoms with van der Waals surface area (Å²) in [7, 11) is 0. The Kier molecular flexibility index (Phi) is 4.04. The van der Waals surface area contributed by atoms with Gasteiger partial charge in [0.05, 0.1) is 5.39 Å². The van der Waals surface area contributed by atoms with Gasteiger partial charge in [0, 0.05) is 12.6 Å². The summed E-state index contributed by atoms with van der Waals surface area (Å²) in [4.78, 5) is 24.1. The van der Waals surface area contributed by atoms with Crippen LogP contribution in [0.4, 0.5) is 5.82 Å². The Bertz CT molecular complexity index is 726. The average Bonchev–Trinajstić information content (AvgIpc) is 2.83. The van der Waals surface area contributed by atoms with Gasteiger partial charge in [0.1, 0.15) is 21.3 Å². The average molecular weight is 319 g/mol. The Hall–Kier alpha value is -1.69. The standard InChI is InChI=1S/C16H21N3O2S/c1-4-11-7-5-6-8-19(11)14-12-9(2)13(16(20)21)22-15(12)18-10(3)17-14/h11H,4-8H2,1-3H3,(H,20,21).